The monoisotopic (exact) mass is 401 g/mol. The lowest BCUT2D eigenvalue weighted by Gasteiger charge is -2.12. The van der Waals surface area contributed by atoms with Gasteiger partial charge in [-0.05, 0) is 46.1 Å². The van der Waals surface area contributed by atoms with Crippen LogP contribution in [-0.4, -0.2) is 27.3 Å². The molecule has 1 aromatic carbocycles. The smallest absolute Gasteiger partial charge is 0.257 e. The molecule has 152 valence electrons. The second kappa shape index (κ2) is 10.5. The van der Waals surface area contributed by atoms with Crippen molar-refractivity contribution in [2.45, 2.75) is 64.6 Å². The van der Waals surface area contributed by atoms with Crippen molar-refractivity contribution in [2.75, 3.05) is 5.75 Å². The number of hydrogen-bond acceptors (Lipinski definition) is 4. The van der Waals surface area contributed by atoms with Crippen LogP contribution < -0.4 is 10.9 Å². The maximum atomic E-state index is 12.8. The molecule has 2 rings (SSSR count). The van der Waals surface area contributed by atoms with Crippen LogP contribution in [-0.2, 0) is 18.3 Å². The maximum absolute atomic E-state index is 12.8. The third-order valence-corrected chi connectivity index (χ3v) is 5.65. The summed E-state index contributed by atoms with van der Waals surface area (Å²) in [5.41, 5.74) is 3.89. The lowest BCUT2D eigenvalue weighted by atomic mass is 10.0. The number of aromatic nitrogens is 2. The molecule has 0 bridgehead atoms. The number of rotatable bonds is 9. The minimum Gasteiger partial charge on any atom is -0.354 e. The largest absolute Gasteiger partial charge is 0.354 e. The number of carbonyl (C=O) groups excluding carboxylic acids is 1. The Labute approximate surface area is 172 Å². The molecule has 0 saturated heterocycles. The highest BCUT2D eigenvalue weighted by atomic mass is 32.2. The number of hydrogen-bond donors (Lipinski definition) is 1. The van der Waals surface area contributed by atoms with Crippen molar-refractivity contribution in [1.29, 1.82) is 0 Å². The van der Waals surface area contributed by atoms with Gasteiger partial charge >= 0.3 is 0 Å². The van der Waals surface area contributed by atoms with E-state index in [0.717, 1.165) is 40.6 Å². The normalized spacial score (nSPS) is 11.1. The summed E-state index contributed by atoms with van der Waals surface area (Å²) in [7, 11) is 1.78. The van der Waals surface area contributed by atoms with Crippen molar-refractivity contribution in [3.63, 3.8) is 0 Å². The van der Waals surface area contributed by atoms with Crippen molar-refractivity contribution in [3.8, 4) is 0 Å². The second-order valence-corrected chi connectivity index (χ2v) is 8.57. The van der Waals surface area contributed by atoms with E-state index in [1.54, 1.807) is 23.4 Å². The van der Waals surface area contributed by atoms with Gasteiger partial charge < -0.3 is 5.32 Å². The third-order valence-electron chi connectivity index (χ3n) is 4.53. The van der Waals surface area contributed by atoms with Crippen LogP contribution >= 0.6 is 11.8 Å². The minimum atomic E-state index is 0.0203. The average molecular weight is 402 g/mol. The first-order valence-electron chi connectivity index (χ1n) is 9.82. The van der Waals surface area contributed by atoms with E-state index in [1.165, 1.54) is 5.56 Å². The maximum Gasteiger partial charge on any atom is 0.257 e. The predicted molar refractivity (Wildman–Crippen MR) is 116 cm³/mol. The first-order chi connectivity index (χ1) is 13.3. The van der Waals surface area contributed by atoms with E-state index in [1.807, 2.05) is 20.8 Å². The molecule has 1 N–H and O–H groups in total. The Kier molecular flexibility index (Phi) is 8.30. The van der Waals surface area contributed by atoms with Gasteiger partial charge in [-0.2, -0.15) is 0 Å². The van der Waals surface area contributed by atoms with Crippen molar-refractivity contribution < 1.29 is 4.79 Å². The highest BCUT2D eigenvalue weighted by molar-refractivity contribution is 7.99. The van der Waals surface area contributed by atoms with Crippen molar-refractivity contribution in [2.24, 2.45) is 7.05 Å². The molecule has 0 aliphatic carbocycles. The van der Waals surface area contributed by atoms with Gasteiger partial charge in [-0.3, -0.25) is 14.2 Å². The van der Waals surface area contributed by atoms with Gasteiger partial charge in [-0.15, -0.1) is 0 Å². The van der Waals surface area contributed by atoms with Crippen LogP contribution in [0.25, 0.3) is 0 Å². The number of unbranched alkanes of at least 4 members (excludes halogenated alkanes) is 1. The molecular formula is C22H31N3O2S. The number of benzene rings is 1. The molecule has 0 spiro atoms. The van der Waals surface area contributed by atoms with Crippen LogP contribution in [0.4, 0.5) is 0 Å². The Bertz CT molecular complexity index is 857. The number of carbonyl (C=O) groups is 1. The summed E-state index contributed by atoms with van der Waals surface area (Å²) in [5.74, 6) is 0.938. The fourth-order valence-corrected chi connectivity index (χ4v) is 3.93. The molecule has 0 radical (unpaired) electrons. The van der Waals surface area contributed by atoms with Crippen molar-refractivity contribution in [1.82, 2.24) is 14.9 Å². The van der Waals surface area contributed by atoms with E-state index >= 15 is 0 Å². The summed E-state index contributed by atoms with van der Waals surface area (Å²) >= 11 is 1.58. The third kappa shape index (κ3) is 6.51. The van der Waals surface area contributed by atoms with Gasteiger partial charge in [0.15, 0.2) is 5.16 Å². The molecule has 0 aliphatic heterocycles. The molecule has 5 nitrogen and oxygen atoms in total. The molecule has 1 amide bonds. The summed E-state index contributed by atoms with van der Waals surface area (Å²) in [4.78, 5) is 29.1. The molecule has 2 aromatic rings. The predicted octanol–water partition coefficient (Wildman–Crippen LogP) is 3.77. The van der Waals surface area contributed by atoms with Crippen LogP contribution in [0.5, 0.6) is 0 Å². The Morgan fingerprint density at radius 1 is 1.18 bits per heavy atom. The van der Waals surface area contributed by atoms with E-state index < -0.39 is 0 Å². The Balaban J connectivity index is 1.95. The van der Waals surface area contributed by atoms with Crippen LogP contribution in [0.3, 0.4) is 0 Å². The second-order valence-electron chi connectivity index (χ2n) is 7.51. The molecule has 6 heteroatoms. The lowest BCUT2D eigenvalue weighted by Crippen LogP contribution is -2.29. The Morgan fingerprint density at radius 3 is 2.50 bits per heavy atom. The number of nitrogens with one attached hydrogen (secondary N) is 1. The summed E-state index contributed by atoms with van der Waals surface area (Å²) in [6, 6.07) is 8.43. The van der Waals surface area contributed by atoms with Gasteiger partial charge in [0.2, 0.25) is 5.91 Å². The Hall–Kier alpha value is -2.08. The van der Waals surface area contributed by atoms with Gasteiger partial charge in [0.25, 0.3) is 5.56 Å². The minimum absolute atomic E-state index is 0.0203. The van der Waals surface area contributed by atoms with Gasteiger partial charge in [-0.1, -0.05) is 41.6 Å². The quantitative estimate of drug-likeness (QED) is 0.395. The van der Waals surface area contributed by atoms with Gasteiger partial charge in [0.05, 0.1) is 0 Å². The fraction of sp³-hybridized carbons (Fsp3) is 0.500. The van der Waals surface area contributed by atoms with E-state index in [9.17, 15) is 9.59 Å². The summed E-state index contributed by atoms with van der Waals surface area (Å²) in [6.45, 7) is 7.89. The first kappa shape index (κ1) is 22.2. The van der Waals surface area contributed by atoms with Gasteiger partial charge in [0.1, 0.15) is 0 Å². The van der Waals surface area contributed by atoms with Crippen LogP contribution in [0, 0.1) is 13.8 Å². The van der Waals surface area contributed by atoms with E-state index in [2.05, 4.69) is 41.5 Å². The number of thioether (sulfide) groups is 1. The Morgan fingerprint density at radius 2 is 1.86 bits per heavy atom. The molecular weight excluding hydrogens is 370 g/mol. The molecule has 0 fully saturated rings. The number of amides is 1. The van der Waals surface area contributed by atoms with E-state index in [0.29, 0.717) is 12.8 Å². The lowest BCUT2D eigenvalue weighted by molar-refractivity contribution is -0.121. The molecule has 1 aromatic heterocycles. The van der Waals surface area contributed by atoms with Gasteiger partial charge in [0, 0.05) is 42.9 Å². The zero-order valence-corrected chi connectivity index (χ0v) is 18.4. The SMILES string of the molecule is Cc1ccc(Cc2c(C)nc(SCCCCC(=O)NC(C)C)n(C)c2=O)cc1. The number of aryl methyl sites for hydroxylation is 2. The van der Waals surface area contributed by atoms with Crippen molar-refractivity contribution in [3.05, 3.63) is 57.0 Å². The zero-order chi connectivity index (χ0) is 20.7. The first-order valence-corrected chi connectivity index (χ1v) is 10.8. The highest BCUT2D eigenvalue weighted by Crippen LogP contribution is 2.18. The fourth-order valence-electron chi connectivity index (χ4n) is 2.92. The molecule has 0 unspecified atom stereocenters. The standard InChI is InChI=1S/C22H31N3O2S/c1-15(2)23-20(26)8-6-7-13-28-22-24-17(4)19(21(27)25(22)5)14-18-11-9-16(3)10-12-18/h9-12,15H,6-8,13-14H2,1-5H3,(H,23,26). The molecule has 1 heterocycles. The molecule has 0 atom stereocenters. The van der Waals surface area contributed by atoms with Crippen LogP contribution in [0.15, 0.2) is 34.2 Å². The topological polar surface area (TPSA) is 64.0 Å². The molecule has 0 saturated carbocycles. The van der Waals surface area contributed by atoms with Gasteiger partial charge in [-0.25, -0.2) is 4.98 Å². The summed E-state index contributed by atoms with van der Waals surface area (Å²) in [6.07, 6.45) is 2.89. The van der Waals surface area contributed by atoms with Crippen LogP contribution in [0.1, 0.15) is 55.5 Å². The highest BCUT2D eigenvalue weighted by Gasteiger charge is 2.13. The summed E-state index contributed by atoms with van der Waals surface area (Å²) in [5, 5.41) is 3.64. The summed E-state index contributed by atoms with van der Waals surface area (Å²) < 4.78 is 1.65. The van der Waals surface area contributed by atoms with E-state index in [4.69, 9.17) is 0 Å². The van der Waals surface area contributed by atoms with Crippen LogP contribution in [0.2, 0.25) is 0 Å². The number of nitrogens with zero attached hydrogens (tertiary/aromatic N) is 2. The molecule has 28 heavy (non-hydrogen) atoms. The van der Waals surface area contributed by atoms with E-state index in [-0.39, 0.29) is 17.5 Å². The zero-order valence-electron chi connectivity index (χ0n) is 17.5. The van der Waals surface area contributed by atoms with Crippen molar-refractivity contribution >= 4 is 17.7 Å². The average Bonchev–Trinajstić information content (AvgIpc) is 2.63. The molecule has 0 aliphatic rings.